The molecule has 1 aliphatic heterocycles. The third-order valence-electron chi connectivity index (χ3n) is 2.70. The van der Waals surface area contributed by atoms with Crippen molar-refractivity contribution in [3.63, 3.8) is 0 Å². The van der Waals surface area contributed by atoms with Crippen molar-refractivity contribution in [1.82, 2.24) is 4.90 Å². The van der Waals surface area contributed by atoms with Crippen molar-refractivity contribution in [3.8, 4) is 0 Å². The molecule has 5 heteroatoms. The second-order valence-corrected chi connectivity index (χ2v) is 5.27. The molecule has 1 aliphatic rings. The predicted molar refractivity (Wildman–Crippen MR) is 59.0 cm³/mol. The smallest absolute Gasteiger partial charge is 0.410 e. The number of hydrogen-bond donors (Lipinski definition) is 2. The van der Waals surface area contributed by atoms with Gasteiger partial charge in [0.2, 0.25) is 0 Å². The quantitative estimate of drug-likeness (QED) is 0.724. The highest BCUT2D eigenvalue weighted by Crippen LogP contribution is 2.24. The van der Waals surface area contributed by atoms with Crippen LogP contribution >= 0.6 is 0 Å². The minimum Gasteiger partial charge on any atom is -0.444 e. The molecule has 0 aromatic heterocycles. The van der Waals surface area contributed by atoms with Gasteiger partial charge in [0, 0.05) is 38.1 Å². The topological polar surface area (TPSA) is 70.0 Å². The molecular weight excluding hydrogens is 210 g/mol. The Morgan fingerprint density at radius 1 is 1.25 bits per heavy atom. The lowest BCUT2D eigenvalue weighted by Crippen LogP contribution is -2.35. The third-order valence-corrected chi connectivity index (χ3v) is 2.70. The molecule has 2 atom stereocenters. The third kappa shape index (κ3) is 3.35. The molecule has 16 heavy (non-hydrogen) atoms. The summed E-state index contributed by atoms with van der Waals surface area (Å²) >= 11 is 0. The van der Waals surface area contributed by atoms with E-state index in [1.165, 1.54) is 0 Å². The van der Waals surface area contributed by atoms with Crippen LogP contribution in [0, 0.1) is 11.8 Å². The average Bonchev–Trinajstić information content (AvgIpc) is 2.57. The molecule has 0 aromatic carbocycles. The van der Waals surface area contributed by atoms with E-state index in [0.717, 1.165) is 0 Å². The van der Waals surface area contributed by atoms with Crippen molar-refractivity contribution in [2.24, 2.45) is 11.8 Å². The summed E-state index contributed by atoms with van der Waals surface area (Å²) < 4.78 is 5.23. The molecule has 2 unspecified atom stereocenters. The Morgan fingerprint density at radius 2 is 1.69 bits per heavy atom. The molecular formula is C11H21NO4. The predicted octanol–water partition coefficient (Wildman–Crippen LogP) is 0.454. The summed E-state index contributed by atoms with van der Waals surface area (Å²) in [7, 11) is 0. The summed E-state index contributed by atoms with van der Waals surface area (Å²) in [6.45, 7) is 6.33. The molecule has 0 aliphatic carbocycles. The molecule has 1 fully saturated rings. The second-order valence-electron chi connectivity index (χ2n) is 5.27. The highest BCUT2D eigenvalue weighted by atomic mass is 16.6. The van der Waals surface area contributed by atoms with E-state index in [-0.39, 0.29) is 31.1 Å². The van der Waals surface area contributed by atoms with Crippen LogP contribution in [0.2, 0.25) is 0 Å². The van der Waals surface area contributed by atoms with Crippen LogP contribution in [0.25, 0.3) is 0 Å². The lowest BCUT2D eigenvalue weighted by Gasteiger charge is -2.24. The number of rotatable bonds is 2. The van der Waals surface area contributed by atoms with Crippen molar-refractivity contribution in [1.29, 1.82) is 0 Å². The molecule has 0 saturated carbocycles. The summed E-state index contributed by atoms with van der Waals surface area (Å²) in [6, 6.07) is 0. The Bertz CT molecular complexity index is 237. The van der Waals surface area contributed by atoms with Crippen LogP contribution in [0.4, 0.5) is 4.79 Å². The van der Waals surface area contributed by atoms with Gasteiger partial charge in [0.15, 0.2) is 0 Å². The van der Waals surface area contributed by atoms with E-state index in [4.69, 9.17) is 14.9 Å². The number of ether oxygens (including phenoxy) is 1. The number of hydrogen-bond acceptors (Lipinski definition) is 4. The normalized spacial score (nSPS) is 25.9. The van der Waals surface area contributed by atoms with E-state index >= 15 is 0 Å². The van der Waals surface area contributed by atoms with Crippen LogP contribution in [-0.2, 0) is 4.74 Å². The molecule has 0 spiro atoms. The molecule has 1 rings (SSSR count). The summed E-state index contributed by atoms with van der Waals surface area (Å²) in [6.07, 6.45) is -0.373. The Morgan fingerprint density at radius 3 is 2.00 bits per heavy atom. The molecule has 94 valence electrons. The summed E-state index contributed by atoms with van der Waals surface area (Å²) in [5, 5.41) is 18.2. The van der Waals surface area contributed by atoms with E-state index in [9.17, 15) is 4.79 Å². The molecule has 1 amide bonds. The first-order valence-electron chi connectivity index (χ1n) is 5.57. The Balaban J connectivity index is 2.54. The van der Waals surface area contributed by atoms with Crippen LogP contribution in [0.1, 0.15) is 20.8 Å². The largest absolute Gasteiger partial charge is 0.444 e. The molecule has 5 nitrogen and oxygen atoms in total. The van der Waals surface area contributed by atoms with Crippen molar-refractivity contribution >= 4 is 6.09 Å². The molecule has 0 radical (unpaired) electrons. The fourth-order valence-electron chi connectivity index (χ4n) is 1.83. The standard InChI is InChI=1S/C11H21NO4/c1-11(2,3)16-10(15)12-4-8(6-13)9(5-12)7-14/h8-9,13-14H,4-7H2,1-3H3. The van der Waals surface area contributed by atoms with Crippen molar-refractivity contribution in [2.75, 3.05) is 26.3 Å². The van der Waals surface area contributed by atoms with Gasteiger partial charge < -0.3 is 19.8 Å². The maximum absolute atomic E-state index is 11.7. The zero-order chi connectivity index (χ0) is 12.3. The van der Waals surface area contributed by atoms with Crippen LogP contribution in [0.15, 0.2) is 0 Å². The van der Waals surface area contributed by atoms with E-state index in [2.05, 4.69) is 0 Å². The van der Waals surface area contributed by atoms with Gasteiger partial charge in [-0.1, -0.05) is 0 Å². The van der Waals surface area contributed by atoms with Gasteiger partial charge >= 0.3 is 6.09 Å². The molecule has 0 bridgehead atoms. The SMILES string of the molecule is CC(C)(C)OC(=O)N1CC(CO)C(CO)C1. The van der Waals surface area contributed by atoms with Gasteiger partial charge in [-0.15, -0.1) is 0 Å². The Kier molecular flexibility index (Phi) is 4.15. The van der Waals surface area contributed by atoms with Crippen molar-refractivity contribution < 1.29 is 19.7 Å². The van der Waals surface area contributed by atoms with Crippen LogP contribution < -0.4 is 0 Å². The summed E-state index contributed by atoms with van der Waals surface area (Å²) in [5.41, 5.74) is -0.511. The number of aliphatic hydroxyl groups excluding tert-OH is 2. The Labute approximate surface area is 96.0 Å². The van der Waals surface area contributed by atoms with Crippen LogP contribution in [0.3, 0.4) is 0 Å². The highest BCUT2D eigenvalue weighted by molar-refractivity contribution is 5.68. The molecule has 2 N–H and O–H groups in total. The lowest BCUT2D eigenvalue weighted by atomic mass is 9.98. The first-order valence-corrected chi connectivity index (χ1v) is 5.57. The summed E-state index contributed by atoms with van der Waals surface area (Å²) in [5.74, 6) is -0.0879. The maximum Gasteiger partial charge on any atom is 0.410 e. The van der Waals surface area contributed by atoms with E-state index in [0.29, 0.717) is 13.1 Å². The van der Waals surface area contributed by atoms with E-state index in [1.54, 1.807) is 4.90 Å². The molecule has 0 aromatic rings. The fourth-order valence-corrected chi connectivity index (χ4v) is 1.83. The van der Waals surface area contributed by atoms with Gasteiger partial charge in [-0.05, 0) is 20.8 Å². The van der Waals surface area contributed by atoms with Gasteiger partial charge in [-0.25, -0.2) is 4.79 Å². The number of likely N-dealkylation sites (tertiary alicyclic amines) is 1. The van der Waals surface area contributed by atoms with Gasteiger partial charge in [0.25, 0.3) is 0 Å². The summed E-state index contributed by atoms with van der Waals surface area (Å²) in [4.78, 5) is 13.3. The average molecular weight is 231 g/mol. The first-order chi connectivity index (χ1) is 7.37. The van der Waals surface area contributed by atoms with E-state index < -0.39 is 5.60 Å². The zero-order valence-corrected chi connectivity index (χ0v) is 10.1. The number of nitrogens with zero attached hydrogens (tertiary/aromatic N) is 1. The monoisotopic (exact) mass is 231 g/mol. The van der Waals surface area contributed by atoms with Gasteiger partial charge in [0.1, 0.15) is 5.60 Å². The zero-order valence-electron chi connectivity index (χ0n) is 10.1. The van der Waals surface area contributed by atoms with Gasteiger partial charge in [0.05, 0.1) is 0 Å². The van der Waals surface area contributed by atoms with Crippen molar-refractivity contribution in [2.45, 2.75) is 26.4 Å². The maximum atomic E-state index is 11.7. The van der Waals surface area contributed by atoms with Crippen LogP contribution in [0.5, 0.6) is 0 Å². The van der Waals surface area contributed by atoms with E-state index in [1.807, 2.05) is 20.8 Å². The second kappa shape index (κ2) is 5.01. The fraction of sp³-hybridized carbons (Fsp3) is 0.909. The highest BCUT2D eigenvalue weighted by Gasteiger charge is 2.36. The Hall–Kier alpha value is -0.810. The minimum absolute atomic E-state index is 0.00940. The number of carbonyl (C=O) groups excluding carboxylic acids is 1. The van der Waals surface area contributed by atoms with Crippen LogP contribution in [-0.4, -0.2) is 53.1 Å². The van der Waals surface area contributed by atoms with Crippen molar-refractivity contribution in [3.05, 3.63) is 0 Å². The number of carbonyl (C=O) groups is 1. The van der Waals surface area contributed by atoms with Gasteiger partial charge in [-0.3, -0.25) is 0 Å². The number of amides is 1. The minimum atomic E-state index is -0.511. The first kappa shape index (κ1) is 13.3. The molecule has 1 saturated heterocycles. The lowest BCUT2D eigenvalue weighted by molar-refractivity contribution is 0.0279. The molecule has 1 heterocycles. The van der Waals surface area contributed by atoms with Gasteiger partial charge in [-0.2, -0.15) is 0 Å². The number of aliphatic hydroxyl groups is 2.